The molecule has 2 nitrogen and oxygen atoms in total. The van der Waals surface area contributed by atoms with Crippen molar-refractivity contribution in [2.24, 2.45) is 0 Å². The molecule has 0 spiro atoms. The van der Waals surface area contributed by atoms with Crippen molar-refractivity contribution in [1.29, 1.82) is 0 Å². The van der Waals surface area contributed by atoms with Gasteiger partial charge in [0.15, 0.2) is 0 Å². The number of nitrogens with one attached hydrogen (secondary N) is 1. The van der Waals surface area contributed by atoms with Crippen molar-refractivity contribution in [1.82, 2.24) is 0 Å². The van der Waals surface area contributed by atoms with Gasteiger partial charge in [0.1, 0.15) is 0 Å². The van der Waals surface area contributed by atoms with Crippen LogP contribution in [0.2, 0.25) is 0 Å². The van der Waals surface area contributed by atoms with E-state index in [1.165, 1.54) is 5.32 Å². The number of carbonyl (C=O) groups is 1. The predicted molar refractivity (Wildman–Crippen MR) is 57.9 cm³/mol. The normalized spacial score (nSPS) is 12.6. The molecule has 0 atom stereocenters. The smallest absolute Gasteiger partial charge is 0.321 e. The van der Waals surface area contributed by atoms with Gasteiger partial charge < -0.3 is 5.32 Å². The van der Waals surface area contributed by atoms with Gasteiger partial charge in [-0.15, -0.1) is 0 Å². The first kappa shape index (κ1) is 16.6. The van der Waals surface area contributed by atoms with Crippen LogP contribution < -0.4 is 5.32 Å². The van der Waals surface area contributed by atoms with E-state index in [4.69, 9.17) is 0 Å². The number of halogens is 7. The lowest BCUT2D eigenvalue weighted by Crippen LogP contribution is -2.40. The van der Waals surface area contributed by atoms with Crippen LogP contribution >= 0.6 is 11.8 Å². The summed E-state index contributed by atoms with van der Waals surface area (Å²) in [5, 5.41) is 1.49. The number of anilines is 1. The molecule has 10 heteroatoms. The minimum atomic E-state index is -4.88. The van der Waals surface area contributed by atoms with Gasteiger partial charge >= 0.3 is 23.8 Å². The minimum absolute atomic E-state index is 0.240. The Hall–Kier alpha value is -1.45. The van der Waals surface area contributed by atoms with Crippen molar-refractivity contribution in [2.45, 2.75) is 22.8 Å². The molecule has 0 aliphatic rings. The van der Waals surface area contributed by atoms with E-state index in [2.05, 4.69) is 0 Å². The van der Waals surface area contributed by atoms with Gasteiger partial charge in [0, 0.05) is 10.6 Å². The van der Waals surface area contributed by atoms with E-state index < -0.39 is 35.5 Å². The minimum Gasteiger partial charge on any atom is -0.321 e. The molecule has 0 radical (unpaired) electrons. The maximum absolute atomic E-state index is 12.6. The molecule has 0 unspecified atom stereocenters. The Morgan fingerprint density at radius 2 is 1.55 bits per heavy atom. The van der Waals surface area contributed by atoms with Crippen LogP contribution in [0.3, 0.4) is 0 Å². The molecule has 1 aromatic carbocycles. The highest BCUT2D eigenvalue weighted by Gasteiger charge is 2.48. The molecule has 1 N–H and O–H groups in total. The molecule has 0 heterocycles. The predicted octanol–water partition coefficient (Wildman–Crippen LogP) is 4.14. The Balaban J connectivity index is 2.74. The maximum atomic E-state index is 12.6. The lowest BCUT2D eigenvalue weighted by atomic mass is 10.3. The molecule has 1 amide bonds. The number of hydrogen-bond donors (Lipinski definition) is 1. The Morgan fingerprint density at radius 3 is 1.95 bits per heavy atom. The van der Waals surface area contributed by atoms with Crippen LogP contribution in [0.25, 0.3) is 0 Å². The number of amides is 1. The number of rotatable bonds is 4. The molecule has 0 saturated carbocycles. The summed E-state index contributed by atoms with van der Waals surface area (Å²) in [6.07, 6.45) is -4.18. The van der Waals surface area contributed by atoms with Crippen LogP contribution in [0.1, 0.15) is 0 Å². The highest BCUT2D eigenvalue weighted by Crippen LogP contribution is 2.37. The summed E-state index contributed by atoms with van der Waals surface area (Å²) < 4.78 is 85.0. The first-order chi connectivity index (χ1) is 9.02. The SMILES string of the molecule is O=C(Nc1ccc(SC(F)(F)F)cc1)C(F)(F)C(F)F. The fraction of sp³-hybridized carbons (Fsp3) is 0.300. The second-order valence-corrected chi connectivity index (χ2v) is 4.59. The largest absolute Gasteiger partial charge is 0.446 e. The molecule has 1 aromatic rings. The van der Waals surface area contributed by atoms with Crippen LogP contribution in [0.5, 0.6) is 0 Å². The second-order valence-electron chi connectivity index (χ2n) is 3.45. The van der Waals surface area contributed by atoms with Crippen molar-refractivity contribution >= 4 is 23.4 Å². The zero-order valence-corrected chi connectivity index (χ0v) is 10.2. The number of benzene rings is 1. The molecule has 0 saturated heterocycles. The van der Waals surface area contributed by atoms with Gasteiger partial charge in [-0.1, -0.05) is 0 Å². The second kappa shape index (κ2) is 5.90. The van der Waals surface area contributed by atoms with Gasteiger partial charge in [0.05, 0.1) is 0 Å². The van der Waals surface area contributed by atoms with Crippen LogP contribution in [0.4, 0.5) is 36.4 Å². The molecule has 0 aliphatic carbocycles. The Kier molecular flexibility index (Phi) is 4.90. The van der Waals surface area contributed by atoms with Crippen LogP contribution in [0, 0.1) is 0 Å². The summed E-state index contributed by atoms with van der Waals surface area (Å²) in [7, 11) is 0. The highest BCUT2D eigenvalue weighted by atomic mass is 32.2. The summed E-state index contributed by atoms with van der Waals surface area (Å²) in [5.74, 6) is -7.11. The van der Waals surface area contributed by atoms with Crippen molar-refractivity contribution in [3.8, 4) is 0 Å². The Labute approximate surface area is 112 Å². The standard InChI is InChI=1S/C10H6F7NOS/c11-7(12)9(13,14)8(19)18-5-1-3-6(4-2-5)20-10(15,16)17/h1-4,7H,(H,18,19). The number of alkyl halides is 7. The lowest BCUT2D eigenvalue weighted by Gasteiger charge is -2.15. The van der Waals surface area contributed by atoms with Gasteiger partial charge in [0.25, 0.3) is 0 Å². The van der Waals surface area contributed by atoms with E-state index in [1.54, 1.807) is 0 Å². The molecular weight excluding hydrogens is 315 g/mol. The molecule has 0 bridgehead atoms. The monoisotopic (exact) mass is 321 g/mol. The van der Waals surface area contributed by atoms with Crippen molar-refractivity contribution in [3.63, 3.8) is 0 Å². The quantitative estimate of drug-likeness (QED) is 0.667. The number of carbonyl (C=O) groups excluding carboxylic acids is 1. The molecule has 0 aromatic heterocycles. The summed E-state index contributed by atoms with van der Waals surface area (Å²) in [6.45, 7) is 0. The fourth-order valence-corrected chi connectivity index (χ4v) is 1.59. The summed E-state index contributed by atoms with van der Waals surface area (Å²) >= 11 is -0.442. The zero-order valence-electron chi connectivity index (χ0n) is 9.35. The summed E-state index contributed by atoms with van der Waals surface area (Å²) in [4.78, 5) is 10.6. The van der Waals surface area contributed by atoms with Gasteiger partial charge in [-0.25, -0.2) is 8.78 Å². The Morgan fingerprint density at radius 1 is 1.05 bits per heavy atom. The van der Waals surface area contributed by atoms with Crippen LogP contribution in [-0.2, 0) is 4.79 Å². The fourth-order valence-electron chi connectivity index (χ4n) is 1.05. The van der Waals surface area contributed by atoms with E-state index in [9.17, 15) is 35.5 Å². The molecular formula is C10H6F7NOS. The average molecular weight is 321 g/mol. The zero-order chi connectivity index (χ0) is 15.6. The van der Waals surface area contributed by atoms with Crippen LogP contribution in [-0.4, -0.2) is 23.8 Å². The van der Waals surface area contributed by atoms with Gasteiger partial charge in [-0.3, -0.25) is 4.79 Å². The molecule has 20 heavy (non-hydrogen) atoms. The average Bonchev–Trinajstić information content (AvgIpc) is 2.29. The molecule has 0 fully saturated rings. The van der Waals surface area contributed by atoms with E-state index in [1.807, 2.05) is 0 Å². The third-order valence-corrected chi connectivity index (χ3v) is 2.66. The third kappa shape index (κ3) is 4.58. The van der Waals surface area contributed by atoms with Crippen molar-refractivity contribution in [3.05, 3.63) is 24.3 Å². The van der Waals surface area contributed by atoms with E-state index >= 15 is 0 Å². The maximum Gasteiger partial charge on any atom is 0.446 e. The number of thioether (sulfide) groups is 1. The van der Waals surface area contributed by atoms with Crippen LogP contribution in [0.15, 0.2) is 29.2 Å². The van der Waals surface area contributed by atoms with E-state index in [0.717, 1.165) is 24.3 Å². The van der Waals surface area contributed by atoms with E-state index in [-0.39, 0.29) is 10.6 Å². The van der Waals surface area contributed by atoms with Gasteiger partial charge in [0.2, 0.25) is 0 Å². The lowest BCUT2D eigenvalue weighted by molar-refractivity contribution is -0.163. The van der Waals surface area contributed by atoms with Gasteiger partial charge in [-0.05, 0) is 36.0 Å². The Bertz CT molecular complexity index is 471. The molecule has 0 aliphatic heterocycles. The molecule has 1 rings (SSSR count). The van der Waals surface area contributed by atoms with E-state index in [0.29, 0.717) is 0 Å². The van der Waals surface area contributed by atoms with Gasteiger partial charge in [-0.2, -0.15) is 22.0 Å². The third-order valence-electron chi connectivity index (χ3n) is 1.92. The first-order valence-electron chi connectivity index (χ1n) is 4.85. The first-order valence-corrected chi connectivity index (χ1v) is 5.67. The molecule has 112 valence electrons. The van der Waals surface area contributed by atoms with Crippen molar-refractivity contribution in [2.75, 3.05) is 5.32 Å². The number of hydrogen-bond acceptors (Lipinski definition) is 2. The topological polar surface area (TPSA) is 29.1 Å². The van der Waals surface area contributed by atoms with Crippen molar-refractivity contribution < 1.29 is 35.5 Å². The highest BCUT2D eigenvalue weighted by molar-refractivity contribution is 8.00. The summed E-state index contributed by atoms with van der Waals surface area (Å²) in [5.41, 5.74) is -4.84. The summed E-state index contributed by atoms with van der Waals surface area (Å²) in [6, 6.07) is 3.61.